The molecule has 0 amide bonds. The molecule has 0 bridgehead atoms. The van der Waals surface area contributed by atoms with E-state index in [4.69, 9.17) is 16.3 Å². The summed E-state index contributed by atoms with van der Waals surface area (Å²) in [5, 5.41) is 0.517. The SMILES string of the molecule is O=c1ccn(COCCCS(=O)(=O)NC(c2ccccc2)c2cccc(Cl)c2)c(=O)[nH]1. The van der Waals surface area contributed by atoms with Crippen molar-refractivity contribution in [1.82, 2.24) is 14.3 Å². The Labute approximate surface area is 184 Å². The number of nitrogens with zero attached hydrogens (tertiary/aromatic N) is 1. The molecule has 0 saturated heterocycles. The largest absolute Gasteiger partial charge is 0.361 e. The van der Waals surface area contributed by atoms with Gasteiger partial charge in [0.2, 0.25) is 10.0 Å². The molecule has 0 aliphatic carbocycles. The normalized spacial score (nSPS) is 12.5. The van der Waals surface area contributed by atoms with Crippen molar-refractivity contribution < 1.29 is 13.2 Å². The van der Waals surface area contributed by atoms with E-state index < -0.39 is 27.3 Å². The molecule has 1 unspecified atom stereocenters. The minimum Gasteiger partial charge on any atom is -0.361 e. The van der Waals surface area contributed by atoms with Crippen LogP contribution in [0.2, 0.25) is 5.02 Å². The van der Waals surface area contributed by atoms with Crippen LogP contribution in [0.1, 0.15) is 23.6 Å². The second-order valence-corrected chi connectivity index (χ2v) is 9.12. The van der Waals surface area contributed by atoms with E-state index in [-0.39, 0.29) is 25.5 Å². The number of hydrogen-bond acceptors (Lipinski definition) is 5. The minimum absolute atomic E-state index is 0.0851. The number of aromatic amines is 1. The smallest absolute Gasteiger partial charge is 0.330 e. The molecule has 3 aromatic rings. The summed E-state index contributed by atoms with van der Waals surface area (Å²) in [5.74, 6) is -0.155. The first-order valence-electron chi connectivity index (χ1n) is 9.52. The van der Waals surface area contributed by atoms with Gasteiger partial charge >= 0.3 is 5.69 Å². The Kier molecular flexibility index (Phi) is 7.80. The van der Waals surface area contributed by atoms with E-state index in [0.717, 1.165) is 11.1 Å². The topological polar surface area (TPSA) is 110 Å². The molecule has 0 aliphatic rings. The summed E-state index contributed by atoms with van der Waals surface area (Å²) >= 11 is 6.10. The lowest BCUT2D eigenvalue weighted by atomic mass is 10.00. The molecular formula is C21H22ClN3O5S. The van der Waals surface area contributed by atoms with Gasteiger partial charge in [0, 0.05) is 23.9 Å². The number of rotatable bonds is 10. The van der Waals surface area contributed by atoms with Crippen molar-refractivity contribution in [3.63, 3.8) is 0 Å². The minimum atomic E-state index is -3.64. The van der Waals surface area contributed by atoms with E-state index in [9.17, 15) is 18.0 Å². The van der Waals surface area contributed by atoms with Crippen LogP contribution in [0.15, 0.2) is 76.4 Å². The zero-order valence-corrected chi connectivity index (χ0v) is 18.1. The maximum absolute atomic E-state index is 12.7. The Morgan fingerprint density at radius 1 is 1.03 bits per heavy atom. The van der Waals surface area contributed by atoms with Gasteiger partial charge in [-0.25, -0.2) is 17.9 Å². The monoisotopic (exact) mass is 463 g/mol. The fraction of sp³-hybridized carbons (Fsp3) is 0.238. The predicted octanol–water partition coefficient (Wildman–Crippen LogP) is 2.26. The average Bonchev–Trinajstić information content (AvgIpc) is 2.74. The first-order chi connectivity index (χ1) is 14.8. The molecule has 0 fully saturated rings. The second-order valence-electron chi connectivity index (χ2n) is 6.81. The van der Waals surface area contributed by atoms with Crippen molar-refractivity contribution in [3.8, 4) is 0 Å². The van der Waals surface area contributed by atoms with Gasteiger partial charge in [-0.2, -0.15) is 0 Å². The number of aromatic nitrogens is 2. The summed E-state index contributed by atoms with van der Waals surface area (Å²) in [6, 6.07) is 16.9. The van der Waals surface area contributed by atoms with E-state index >= 15 is 0 Å². The number of hydrogen-bond donors (Lipinski definition) is 2. The Morgan fingerprint density at radius 3 is 2.48 bits per heavy atom. The van der Waals surface area contributed by atoms with Crippen LogP contribution in [-0.4, -0.2) is 30.3 Å². The fourth-order valence-electron chi connectivity index (χ4n) is 2.96. The Hall–Kier alpha value is -2.72. The maximum atomic E-state index is 12.7. The highest BCUT2D eigenvalue weighted by molar-refractivity contribution is 7.89. The molecular weight excluding hydrogens is 442 g/mol. The van der Waals surface area contributed by atoms with Crippen molar-refractivity contribution in [2.24, 2.45) is 0 Å². The third kappa shape index (κ3) is 6.90. The quantitative estimate of drug-likeness (QED) is 0.448. The van der Waals surface area contributed by atoms with E-state index in [1.54, 1.807) is 18.2 Å². The van der Waals surface area contributed by atoms with Crippen molar-refractivity contribution in [2.75, 3.05) is 12.4 Å². The number of ether oxygens (including phenoxy) is 1. The van der Waals surface area contributed by atoms with Gasteiger partial charge in [0.1, 0.15) is 6.73 Å². The molecule has 2 aromatic carbocycles. The van der Waals surface area contributed by atoms with Gasteiger partial charge in [0.25, 0.3) is 5.56 Å². The lowest BCUT2D eigenvalue weighted by Crippen LogP contribution is -2.32. The van der Waals surface area contributed by atoms with Crippen LogP contribution in [-0.2, 0) is 21.5 Å². The highest BCUT2D eigenvalue weighted by Crippen LogP contribution is 2.25. The van der Waals surface area contributed by atoms with Crippen LogP contribution in [0.25, 0.3) is 0 Å². The van der Waals surface area contributed by atoms with Gasteiger partial charge in [0.15, 0.2) is 0 Å². The summed E-state index contributed by atoms with van der Waals surface area (Å²) in [5.41, 5.74) is 0.443. The van der Waals surface area contributed by atoms with Gasteiger partial charge < -0.3 is 4.74 Å². The molecule has 1 atom stereocenters. The molecule has 0 radical (unpaired) electrons. The number of halogens is 1. The molecule has 0 aliphatic heterocycles. The lowest BCUT2D eigenvalue weighted by Gasteiger charge is -2.20. The van der Waals surface area contributed by atoms with Crippen molar-refractivity contribution in [3.05, 3.63) is 104 Å². The molecule has 1 aromatic heterocycles. The standard InChI is InChI=1S/C21H22ClN3O5S/c22-18-9-4-8-17(14-18)20(16-6-2-1-3-7-16)24-31(28,29)13-5-12-30-15-25-11-10-19(26)23-21(25)27/h1-4,6-11,14,20,24H,5,12-13,15H2,(H,23,26,27). The highest BCUT2D eigenvalue weighted by atomic mass is 35.5. The Bertz CT molecular complexity index is 1230. The van der Waals surface area contributed by atoms with E-state index in [2.05, 4.69) is 9.71 Å². The number of sulfonamides is 1. The zero-order chi connectivity index (χ0) is 22.3. The van der Waals surface area contributed by atoms with Gasteiger partial charge in [-0.3, -0.25) is 14.3 Å². The third-order valence-corrected chi connectivity index (χ3v) is 6.10. The maximum Gasteiger partial charge on any atom is 0.330 e. The molecule has 1 heterocycles. The van der Waals surface area contributed by atoms with Gasteiger partial charge in [0.05, 0.1) is 11.8 Å². The molecule has 3 rings (SSSR count). The molecule has 8 nitrogen and oxygen atoms in total. The fourth-order valence-corrected chi connectivity index (χ4v) is 4.40. The van der Waals surface area contributed by atoms with Gasteiger partial charge in [-0.1, -0.05) is 54.1 Å². The summed E-state index contributed by atoms with van der Waals surface area (Å²) in [4.78, 5) is 24.8. The summed E-state index contributed by atoms with van der Waals surface area (Å²) in [7, 11) is -3.64. The van der Waals surface area contributed by atoms with E-state index in [0.29, 0.717) is 5.02 Å². The van der Waals surface area contributed by atoms with E-state index in [1.807, 2.05) is 36.4 Å². The molecule has 164 valence electrons. The summed E-state index contributed by atoms with van der Waals surface area (Å²) in [6.45, 7) is 0.0396. The van der Waals surface area contributed by atoms with Crippen LogP contribution in [0, 0.1) is 0 Å². The first-order valence-corrected chi connectivity index (χ1v) is 11.5. The van der Waals surface area contributed by atoms with Crippen LogP contribution < -0.4 is 16.0 Å². The molecule has 2 N–H and O–H groups in total. The van der Waals surface area contributed by atoms with Crippen molar-refractivity contribution in [2.45, 2.75) is 19.2 Å². The third-order valence-electron chi connectivity index (χ3n) is 4.44. The van der Waals surface area contributed by atoms with Gasteiger partial charge in [-0.05, 0) is 29.7 Å². The number of H-pyrrole nitrogens is 1. The van der Waals surface area contributed by atoms with Crippen LogP contribution in [0.3, 0.4) is 0 Å². The molecule has 10 heteroatoms. The van der Waals surface area contributed by atoms with Crippen LogP contribution in [0.5, 0.6) is 0 Å². The highest BCUT2D eigenvalue weighted by Gasteiger charge is 2.21. The molecule has 0 saturated carbocycles. The number of nitrogens with one attached hydrogen (secondary N) is 2. The van der Waals surface area contributed by atoms with Gasteiger partial charge in [-0.15, -0.1) is 0 Å². The summed E-state index contributed by atoms with van der Waals surface area (Å²) in [6.07, 6.45) is 1.54. The zero-order valence-electron chi connectivity index (χ0n) is 16.5. The van der Waals surface area contributed by atoms with Crippen LogP contribution in [0.4, 0.5) is 0 Å². The van der Waals surface area contributed by atoms with Crippen molar-refractivity contribution >= 4 is 21.6 Å². The van der Waals surface area contributed by atoms with E-state index in [1.165, 1.54) is 16.8 Å². The lowest BCUT2D eigenvalue weighted by molar-refractivity contribution is 0.0744. The Morgan fingerprint density at radius 2 is 1.77 bits per heavy atom. The van der Waals surface area contributed by atoms with Crippen molar-refractivity contribution in [1.29, 1.82) is 0 Å². The average molecular weight is 464 g/mol. The van der Waals surface area contributed by atoms with Crippen LogP contribution >= 0.6 is 11.6 Å². The summed E-state index contributed by atoms with van der Waals surface area (Å²) < 4.78 is 34.7. The number of benzene rings is 2. The molecule has 0 spiro atoms. The second kappa shape index (κ2) is 10.5. The Balaban J connectivity index is 1.60. The predicted molar refractivity (Wildman–Crippen MR) is 119 cm³/mol. The first kappa shape index (κ1) is 23.0. The molecule has 31 heavy (non-hydrogen) atoms.